The Morgan fingerprint density at radius 2 is 1.21 bits per heavy atom. The predicted octanol–water partition coefficient (Wildman–Crippen LogP) is -4.22. The minimum Gasteiger partial charge on any atom is -0.508 e. The van der Waals surface area contributed by atoms with E-state index in [0.717, 1.165) is 0 Å². The zero-order valence-corrected chi connectivity index (χ0v) is 23.6. The summed E-state index contributed by atoms with van der Waals surface area (Å²) in [6.45, 7) is 0.356. The summed E-state index contributed by atoms with van der Waals surface area (Å²) in [6.07, 6.45) is -0.0148. The first kappa shape index (κ1) is 35.9. The van der Waals surface area contributed by atoms with E-state index in [4.69, 9.17) is 34.4 Å². The van der Waals surface area contributed by atoms with Gasteiger partial charge in [-0.25, -0.2) is 4.79 Å². The second-order valence-corrected chi connectivity index (χ2v) is 9.57. The van der Waals surface area contributed by atoms with Gasteiger partial charge in [-0.1, -0.05) is 12.1 Å². The Balaban J connectivity index is 3.04. The maximum atomic E-state index is 13.2. The quantitative estimate of drug-likeness (QED) is 0.0405. The summed E-state index contributed by atoms with van der Waals surface area (Å²) in [5.74, 6) is -5.20. The lowest BCUT2D eigenvalue weighted by molar-refractivity contribution is -0.142. The number of aliphatic carboxylic acids is 1. The molecule has 18 nitrogen and oxygen atoms in total. The summed E-state index contributed by atoms with van der Waals surface area (Å²) < 4.78 is 0. The molecular weight excluding hydrogens is 566 g/mol. The number of primary amides is 1. The third kappa shape index (κ3) is 14.9. The van der Waals surface area contributed by atoms with E-state index < -0.39 is 60.2 Å². The molecule has 4 atom stereocenters. The van der Waals surface area contributed by atoms with E-state index in [0.29, 0.717) is 12.0 Å². The Hall–Kier alpha value is -5.13. The molecule has 0 radical (unpaired) electrons. The molecule has 0 saturated heterocycles. The van der Waals surface area contributed by atoms with Crippen molar-refractivity contribution < 1.29 is 34.2 Å². The van der Waals surface area contributed by atoms with Crippen molar-refractivity contribution in [1.82, 2.24) is 16.0 Å². The summed E-state index contributed by atoms with van der Waals surface area (Å²) in [5, 5.41) is 26.2. The van der Waals surface area contributed by atoms with Crippen molar-refractivity contribution in [3.05, 3.63) is 29.8 Å². The number of carboxylic acids is 1. The standard InChI is InChI=1S/C25H41N11O7/c26-15(3-1-9-32-24(28)29)20(39)34-16(4-2-10-33-25(30)31)21(40)35-17(12-19(27)38)22(41)36-18(23(42)43)11-13-5-7-14(37)8-6-13/h5-8,15-18,37H,1-4,9-12,26H2,(H2,27,38)(H,34,39)(H,35,40)(H,36,41)(H,42,43)(H4,28,29,32)(H4,30,31,33). The van der Waals surface area contributed by atoms with Gasteiger partial charge in [0.05, 0.1) is 12.5 Å². The molecule has 1 aromatic carbocycles. The number of aromatic hydroxyl groups is 1. The number of aliphatic imine (C=N–C) groups is 2. The van der Waals surface area contributed by atoms with Crippen molar-refractivity contribution in [2.75, 3.05) is 13.1 Å². The van der Waals surface area contributed by atoms with Crippen LogP contribution >= 0.6 is 0 Å². The molecule has 0 aliphatic heterocycles. The Labute approximate surface area is 247 Å². The smallest absolute Gasteiger partial charge is 0.326 e. The largest absolute Gasteiger partial charge is 0.508 e. The van der Waals surface area contributed by atoms with Crippen LogP contribution in [0, 0.1) is 0 Å². The lowest BCUT2D eigenvalue weighted by atomic mass is 10.0. The van der Waals surface area contributed by atoms with E-state index in [2.05, 4.69) is 25.9 Å². The number of nitrogens with two attached hydrogens (primary N) is 6. The summed E-state index contributed by atoms with van der Waals surface area (Å²) >= 11 is 0. The number of rotatable bonds is 19. The van der Waals surface area contributed by atoms with Crippen molar-refractivity contribution in [2.45, 2.75) is 62.7 Å². The van der Waals surface area contributed by atoms with E-state index in [1.54, 1.807) is 0 Å². The SMILES string of the molecule is NC(=O)CC(NC(=O)C(CCCN=C(N)N)NC(=O)C(N)CCCN=C(N)N)C(=O)NC(Cc1ccc(O)cc1)C(=O)O. The fraction of sp³-hybridized carbons (Fsp3) is 0.480. The molecular formula is C25H41N11O7. The zero-order chi connectivity index (χ0) is 32.5. The molecule has 0 aliphatic carbocycles. The molecule has 0 saturated carbocycles. The minimum absolute atomic E-state index is 0.0125. The highest BCUT2D eigenvalue weighted by molar-refractivity contribution is 5.96. The summed E-state index contributed by atoms with van der Waals surface area (Å²) in [4.78, 5) is 70.2. The summed E-state index contributed by atoms with van der Waals surface area (Å²) in [7, 11) is 0. The van der Waals surface area contributed by atoms with Gasteiger partial charge in [-0.15, -0.1) is 0 Å². The number of amides is 4. The summed E-state index contributed by atoms with van der Waals surface area (Å²) in [5.41, 5.74) is 32.9. The molecule has 0 aromatic heterocycles. The van der Waals surface area contributed by atoms with Crippen LogP contribution in [0.3, 0.4) is 0 Å². The predicted molar refractivity (Wildman–Crippen MR) is 157 cm³/mol. The van der Waals surface area contributed by atoms with Crippen molar-refractivity contribution in [3.63, 3.8) is 0 Å². The van der Waals surface area contributed by atoms with E-state index in [-0.39, 0.29) is 56.4 Å². The van der Waals surface area contributed by atoms with Crippen LogP contribution in [0.4, 0.5) is 0 Å². The molecule has 0 fully saturated rings. The van der Waals surface area contributed by atoms with Crippen LogP contribution in [-0.2, 0) is 30.4 Å². The molecule has 4 unspecified atom stereocenters. The van der Waals surface area contributed by atoms with E-state index in [1.165, 1.54) is 24.3 Å². The van der Waals surface area contributed by atoms with Crippen molar-refractivity contribution >= 4 is 41.5 Å². The van der Waals surface area contributed by atoms with Gasteiger partial charge in [0.1, 0.15) is 23.9 Å². The Morgan fingerprint density at radius 1 is 0.721 bits per heavy atom. The average Bonchev–Trinajstić information content (AvgIpc) is 2.92. The number of guanidine groups is 2. The molecule has 43 heavy (non-hydrogen) atoms. The van der Waals surface area contributed by atoms with Gasteiger partial charge < -0.3 is 60.6 Å². The molecule has 0 spiro atoms. The van der Waals surface area contributed by atoms with E-state index >= 15 is 0 Å². The highest BCUT2D eigenvalue weighted by atomic mass is 16.4. The molecule has 0 aliphatic rings. The molecule has 1 aromatic rings. The number of carboxylic acid groups (broad SMARTS) is 1. The Morgan fingerprint density at radius 3 is 1.72 bits per heavy atom. The second kappa shape index (κ2) is 18.3. The van der Waals surface area contributed by atoms with Crippen LogP contribution in [0.15, 0.2) is 34.3 Å². The normalized spacial score (nSPS) is 13.3. The second-order valence-electron chi connectivity index (χ2n) is 9.57. The van der Waals surface area contributed by atoms with Crippen LogP contribution in [0.25, 0.3) is 0 Å². The van der Waals surface area contributed by atoms with Crippen molar-refractivity contribution in [2.24, 2.45) is 44.4 Å². The van der Waals surface area contributed by atoms with Crippen LogP contribution in [0.5, 0.6) is 5.75 Å². The first-order chi connectivity index (χ1) is 20.2. The lowest BCUT2D eigenvalue weighted by Gasteiger charge is -2.25. The van der Waals surface area contributed by atoms with Gasteiger partial charge in [0, 0.05) is 19.5 Å². The van der Waals surface area contributed by atoms with Crippen molar-refractivity contribution in [3.8, 4) is 5.75 Å². The summed E-state index contributed by atoms with van der Waals surface area (Å²) in [6, 6.07) is 0.369. The fourth-order valence-electron chi connectivity index (χ4n) is 3.72. The van der Waals surface area contributed by atoms with E-state index in [9.17, 15) is 34.2 Å². The van der Waals surface area contributed by atoms with Gasteiger partial charge in [0.2, 0.25) is 23.6 Å². The maximum Gasteiger partial charge on any atom is 0.326 e. The zero-order valence-electron chi connectivity index (χ0n) is 23.6. The number of hydrogen-bond donors (Lipinski definition) is 11. The van der Waals surface area contributed by atoms with Gasteiger partial charge in [0.15, 0.2) is 11.9 Å². The molecule has 238 valence electrons. The highest BCUT2D eigenvalue weighted by Crippen LogP contribution is 2.12. The Kier molecular flexibility index (Phi) is 15.3. The minimum atomic E-state index is -1.57. The van der Waals surface area contributed by atoms with Gasteiger partial charge in [-0.2, -0.15) is 0 Å². The number of carbonyl (C=O) groups is 5. The number of nitrogens with one attached hydrogen (secondary N) is 3. The Bertz CT molecular complexity index is 1170. The topological polar surface area (TPSA) is 343 Å². The van der Waals surface area contributed by atoms with Gasteiger partial charge >= 0.3 is 5.97 Å². The maximum absolute atomic E-state index is 13.2. The molecule has 4 amide bonds. The van der Waals surface area contributed by atoms with Gasteiger partial charge in [-0.05, 0) is 43.4 Å². The lowest BCUT2D eigenvalue weighted by Crippen LogP contribution is -2.58. The van der Waals surface area contributed by atoms with Crippen molar-refractivity contribution in [1.29, 1.82) is 0 Å². The first-order valence-electron chi connectivity index (χ1n) is 13.3. The first-order valence-corrected chi connectivity index (χ1v) is 13.3. The third-order valence-electron chi connectivity index (χ3n) is 5.91. The number of hydrogen-bond acceptors (Lipinski definition) is 9. The van der Waals surface area contributed by atoms with Crippen LogP contribution in [0.2, 0.25) is 0 Å². The molecule has 1 rings (SSSR count). The fourth-order valence-corrected chi connectivity index (χ4v) is 3.72. The number of benzene rings is 1. The highest BCUT2D eigenvalue weighted by Gasteiger charge is 2.31. The van der Waals surface area contributed by atoms with Crippen LogP contribution < -0.4 is 50.4 Å². The van der Waals surface area contributed by atoms with Gasteiger partial charge in [0.25, 0.3) is 0 Å². The molecule has 17 N–H and O–H groups in total. The monoisotopic (exact) mass is 607 g/mol. The molecule has 0 heterocycles. The third-order valence-corrected chi connectivity index (χ3v) is 5.91. The van der Waals surface area contributed by atoms with Crippen LogP contribution in [0.1, 0.15) is 37.7 Å². The molecule has 18 heteroatoms. The van der Waals surface area contributed by atoms with E-state index in [1.807, 2.05) is 0 Å². The number of carbonyl (C=O) groups excluding carboxylic acids is 4. The number of phenols is 1. The van der Waals surface area contributed by atoms with Gasteiger partial charge in [-0.3, -0.25) is 29.2 Å². The average molecular weight is 608 g/mol. The van der Waals surface area contributed by atoms with Crippen LogP contribution in [-0.4, -0.2) is 89.0 Å². The number of nitrogens with zero attached hydrogens (tertiary/aromatic N) is 2. The molecule has 0 bridgehead atoms. The number of phenolic OH excluding ortho intramolecular Hbond substituents is 1.